The van der Waals surface area contributed by atoms with Crippen molar-refractivity contribution in [2.24, 2.45) is 5.41 Å². The van der Waals surface area contributed by atoms with Crippen molar-refractivity contribution in [1.29, 1.82) is 0 Å². The molecule has 2 aromatic rings. The van der Waals surface area contributed by atoms with Gasteiger partial charge in [-0.1, -0.05) is 23.7 Å². The summed E-state index contributed by atoms with van der Waals surface area (Å²) in [5.74, 6) is 0. The predicted octanol–water partition coefficient (Wildman–Crippen LogP) is 2.44. The van der Waals surface area contributed by atoms with Crippen LogP contribution >= 0.6 is 22.9 Å². The lowest BCUT2D eigenvalue weighted by Crippen LogP contribution is -2.50. The second-order valence-electron chi connectivity index (χ2n) is 8.81. The Morgan fingerprint density at radius 3 is 2.93 bits per heavy atom. The fourth-order valence-electron chi connectivity index (χ4n) is 4.45. The first-order chi connectivity index (χ1) is 13.9. The van der Waals surface area contributed by atoms with Crippen LogP contribution in [0.5, 0.6) is 0 Å². The van der Waals surface area contributed by atoms with E-state index in [-0.39, 0.29) is 18.8 Å². The first-order valence-electron chi connectivity index (χ1n) is 10.1. The number of likely N-dealkylation sites (tertiary alicyclic amines) is 1. The van der Waals surface area contributed by atoms with Crippen LogP contribution in [0.2, 0.25) is 4.34 Å². The molecule has 1 spiro atoms. The van der Waals surface area contributed by atoms with Crippen LogP contribution in [0.4, 0.5) is 0 Å². The number of nitrogens with zero attached hydrogens (tertiary/aromatic N) is 4. The quantitative estimate of drug-likeness (QED) is 0.717. The van der Waals surface area contributed by atoms with E-state index in [9.17, 15) is 10.2 Å². The SMILES string of the molecule is C[C@H]1C[C@@]2(CCN1Cc1cn(CC(C)(CO)CO)nn1)OCCc1cc(Cl)sc12. The van der Waals surface area contributed by atoms with Crippen molar-refractivity contribution in [1.82, 2.24) is 19.9 Å². The minimum atomic E-state index is -0.603. The van der Waals surface area contributed by atoms with Gasteiger partial charge in [-0.25, -0.2) is 0 Å². The van der Waals surface area contributed by atoms with Crippen LogP contribution in [0, 0.1) is 5.41 Å². The molecule has 2 atom stereocenters. The molecule has 2 N–H and O–H groups in total. The highest BCUT2D eigenvalue weighted by molar-refractivity contribution is 7.16. The van der Waals surface area contributed by atoms with Crippen LogP contribution in [0.1, 0.15) is 42.8 Å². The summed E-state index contributed by atoms with van der Waals surface area (Å²) >= 11 is 7.97. The number of ether oxygens (including phenoxy) is 1. The average molecular weight is 441 g/mol. The maximum atomic E-state index is 9.49. The van der Waals surface area contributed by atoms with Crippen LogP contribution in [-0.4, -0.2) is 62.5 Å². The van der Waals surface area contributed by atoms with Crippen LogP contribution in [-0.2, 0) is 29.8 Å². The van der Waals surface area contributed by atoms with Crippen molar-refractivity contribution < 1.29 is 14.9 Å². The topological polar surface area (TPSA) is 83.6 Å². The summed E-state index contributed by atoms with van der Waals surface area (Å²) < 4.78 is 8.91. The monoisotopic (exact) mass is 440 g/mol. The Morgan fingerprint density at radius 1 is 1.41 bits per heavy atom. The van der Waals surface area contributed by atoms with Crippen molar-refractivity contribution in [3.05, 3.63) is 32.7 Å². The van der Waals surface area contributed by atoms with Crippen LogP contribution < -0.4 is 0 Å². The first-order valence-corrected chi connectivity index (χ1v) is 11.3. The normalized spacial score (nSPS) is 25.5. The summed E-state index contributed by atoms with van der Waals surface area (Å²) in [5.41, 5.74) is 1.44. The highest BCUT2D eigenvalue weighted by Crippen LogP contribution is 2.48. The van der Waals surface area contributed by atoms with Crippen LogP contribution in [0.15, 0.2) is 12.3 Å². The summed E-state index contributed by atoms with van der Waals surface area (Å²) in [7, 11) is 0. The highest BCUT2D eigenvalue weighted by atomic mass is 35.5. The maximum absolute atomic E-state index is 9.49. The van der Waals surface area contributed by atoms with Gasteiger partial charge in [0.15, 0.2) is 0 Å². The van der Waals surface area contributed by atoms with Gasteiger partial charge < -0.3 is 14.9 Å². The number of thiophene rings is 1. The molecule has 1 saturated heterocycles. The molecule has 7 nitrogen and oxygen atoms in total. The summed E-state index contributed by atoms with van der Waals surface area (Å²) in [6.07, 6.45) is 4.75. The van der Waals surface area contributed by atoms with Gasteiger partial charge >= 0.3 is 0 Å². The molecule has 2 aromatic heterocycles. The van der Waals surface area contributed by atoms with Crippen molar-refractivity contribution in [2.45, 2.75) is 57.8 Å². The molecule has 0 radical (unpaired) electrons. The van der Waals surface area contributed by atoms with Gasteiger partial charge in [-0.2, -0.15) is 0 Å². The molecular formula is C20H29ClN4O3S. The minimum Gasteiger partial charge on any atom is -0.396 e. The molecule has 0 aliphatic carbocycles. The molecule has 0 unspecified atom stereocenters. The first kappa shape index (κ1) is 21.2. The van der Waals surface area contributed by atoms with E-state index in [1.54, 1.807) is 16.0 Å². The van der Waals surface area contributed by atoms with Gasteiger partial charge in [0.25, 0.3) is 0 Å². The number of aliphatic hydroxyl groups excluding tert-OH is 2. The van der Waals surface area contributed by atoms with E-state index in [4.69, 9.17) is 16.3 Å². The zero-order chi connectivity index (χ0) is 20.6. The largest absolute Gasteiger partial charge is 0.396 e. The van der Waals surface area contributed by atoms with E-state index in [2.05, 4.69) is 28.2 Å². The lowest BCUT2D eigenvalue weighted by molar-refractivity contribution is -0.110. The molecule has 29 heavy (non-hydrogen) atoms. The molecule has 4 rings (SSSR count). The fourth-order valence-corrected chi connectivity index (χ4v) is 5.93. The zero-order valence-electron chi connectivity index (χ0n) is 17.0. The van der Waals surface area contributed by atoms with Crippen LogP contribution in [0.25, 0.3) is 0 Å². The number of aliphatic hydroxyl groups is 2. The second-order valence-corrected chi connectivity index (χ2v) is 10.5. The Hall–Kier alpha value is -1.03. The number of rotatable bonds is 6. The van der Waals surface area contributed by atoms with Gasteiger partial charge in [0.1, 0.15) is 5.60 Å². The highest BCUT2D eigenvalue weighted by Gasteiger charge is 2.44. The van der Waals surface area contributed by atoms with Gasteiger partial charge in [-0.05, 0) is 37.8 Å². The molecule has 0 amide bonds. The zero-order valence-corrected chi connectivity index (χ0v) is 18.5. The molecule has 2 aliphatic rings. The molecule has 2 aliphatic heterocycles. The Bertz CT molecular complexity index is 853. The van der Waals surface area contributed by atoms with E-state index >= 15 is 0 Å². The number of hydrogen-bond donors (Lipinski definition) is 2. The second kappa shape index (κ2) is 8.24. The molecule has 160 valence electrons. The lowest BCUT2D eigenvalue weighted by Gasteiger charge is -2.46. The van der Waals surface area contributed by atoms with E-state index in [1.165, 1.54) is 10.4 Å². The van der Waals surface area contributed by atoms with Gasteiger partial charge in [-0.3, -0.25) is 9.58 Å². The number of fused-ring (bicyclic) bond motifs is 2. The van der Waals surface area contributed by atoms with Gasteiger partial charge in [0.2, 0.25) is 0 Å². The molecule has 0 aromatic carbocycles. The summed E-state index contributed by atoms with van der Waals surface area (Å²) in [6, 6.07) is 2.45. The molecular weight excluding hydrogens is 412 g/mol. The van der Waals surface area contributed by atoms with E-state index in [1.807, 2.05) is 13.1 Å². The third kappa shape index (κ3) is 4.24. The summed E-state index contributed by atoms with van der Waals surface area (Å²) in [6.45, 7) is 6.72. The Labute approximate surface area is 180 Å². The number of hydrogen-bond acceptors (Lipinski definition) is 7. The molecule has 0 bridgehead atoms. The van der Waals surface area contributed by atoms with Crippen molar-refractivity contribution in [3.63, 3.8) is 0 Å². The number of halogens is 1. The molecule has 1 fully saturated rings. The Balaban J connectivity index is 1.42. The van der Waals surface area contributed by atoms with Crippen molar-refractivity contribution in [2.75, 3.05) is 26.4 Å². The lowest BCUT2D eigenvalue weighted by atomic mass is 9.82. The third-order valence-electron chi connectivity index (χ3n) is 6.25. The number of piperidine rings is 1. The van der Waals surface area contributed by atoms with Crippen molar-refractivity contribution >= 4 is 22.9 Å². The number of aromatic nitrogens is 3. The minimum absolute atomic E-state index is 0.0986. The molecule has 9 heteroatoms. The van der Waals surface area contributed by atoms with Crippen molar-refractivity contribution in [3.8, 4) is 0 Å². The van der Waals surface area contributed by atoms with Gasteiger partial charge in [-0.15, -0.1) is 16.4 Å². The van der Waals surface area contributed by atoms with Crippen LogP contribution in [0.3, 0.4) is 0 Å². The van der Waals surface area contributed by atoms with Gasteiger partial charge in [0.05, 0.1) is 36.4 Å². The van der Waals surface area contributed by atoms with E-state index in [0.29, 0.717) is 12.6 Å². The smallest absolute Gasteiger partial charge is 0.105 e. The van der Waals surface area contributed by atoms with E-state index in [0.717, 1.165) is 49.0 Å². The predicted molar refractivity (Wildman–Crippen MR) is 112 cm³/mol. The average Bonchev–Trinajstić information content (AvgIpc) is 3.30. The third-order valence-corrected chi connectivity index (χ3v) is 7.74. The Morgan fingerprint density at radius 2 is 2.21 bits per heavy atom. The standard InChI is InChI=1S/C20H29ClN4O3S/c1-14-8-20(18-15(3-6-28-20)7-17(21)29-18)4-5-24(14)9-16-10-25(23-22-16)11-19(2,12-26)13-27/h7,10,14,26-27H,3-6,8-9,11-13H2,1-2H3/t14-,20+/m0/s1. The summed E-state index contributed by atoms with van der Waals surface area (Å²) in [4.78, 5) is 3.74. The molecule has 4 heterocycles. The fraction of sp³-hybridized carbons (Fsp3) is 0.700. The molecule has 0 saturated carbocycles. The Kier molecular flexibility index (Phi) is 6.03. The summed E-state index contributed by atoms with van der Waals surface area (Å²) in [5, 5.41) is 27.5. The maximum Gasteiger partial charge on any atom is 0.105 e. The van der Waals surface area contributed by atoms with Gasteiger partial charge in [0, 0.05) is 35.6 Å². The van der Waals surface area contributed by atoms with E-state index < -0.39 is 5.41 Å².